The highest BCUT2D eigenvalue weighted by Gasteiger charge is 2.15. The lowest BCUT2D eigenvalue weighted by atomic mass is 9.87. The lowest BCUT2D eigenvalue weighted by molar-refractivity contribution is 0.146. The predicted molar refractivity (Wildman–Crippen MR) is 95.6 cm³/mol. The number of unbranched alkanes of at least 4 members (excludes halogenated alkanes) is 4. The molecule has 0 aromatic heterocycles. The first kappa shape index (κ1) is 21.8. The minimum atomic E-state index is 0.0223. The Bertz CT molecular complexity index is 242. The van der Waals surface area contributed by atoms with E-state index < -0.39 is 0 Å². The van der Waals surface area contributed by atoms with Crippen LogP contribution in [0.5, 0.6) is 0 Å². The van der Waals surface area contributed by atoms with Gasteiger partial charge in [0.25, 0.3) is 0 Å². The summed E-state index contributed by atoms with van der Waals surface area (Å²) in [5.74, 6) is 0. The van der Waals surface area contributed by atoms with Crippen LogP contribution in [0.15, 0.2) is 0 Å². The smallest absolute Gasteiger partial charge is 0.0482 e. The van der Waals surface area contributed by atoms with Crippen molar-refractivity contribution in [1.29, 1.82) is 0 Å². The van der Waals surface area contributed by atoms with Crippen LogP contribution in [0.25, 0.3) is 0 Å². The molecule has 0 bridgehead atoms. The Balaban J connectivity index is 3.46. The van der Waals surface area contributed by atoms with Crippen molar-refractivity contribution >= 4 is 0 Å². The SMILES string of the molecule is CC(C)(CN)CCCCCN([O-])CCCCCC(C)(C)CO. The van der Waals surface area contributed by atoms with Crippen molar-refractivity contribution in [1.82, 2.24) is 5.06 Å². The van der Waals surface area contributed by atoms with Crippen LogP contribution in [0, 0.1) is 16.0 Å². The minimum Gasteiger partial charge on any atom is -0.785 e. The van der Waals surface area contributed by atoms with Crippen LogP contribution in [-0.2, 0) is 0 Å². The Morgan fingerprint density at radius 1 is 0.818 bits per heavy atom. The van der Waals surface area contributed by atoms with Crippen LogP contribution in [0.4, 0.5) is 0 Å². The maximum atomic E-state index is 11.7. The molecule has 0 aromatic rings. The van der Waals surface area contributed by atoms with E-state index in [2.05, 4.69) is 27.7 Å². The van der Waals surface area contributed by atoms with E-state index in [-0.39, 0.29) is 17.4 Å². The fraction of sp³-hybridized carbons (Fsp3) is 1.00. The van der Waals surface area contributed by atoms with Crippen LogP contribution >= 0.6 is 0 Å². The summed E-state index contributed by atoms with van der Waals surface area (Å²) in [6.07, 6.45) is 8.57. The average Bonchev–Trinajstić information content (AvgIpc) is 2.46. The molecule has 0 aromatic carbocycles. The van der Waals surface area contributed by atoms with Gasteiger partial charge in [-0.2, -0.15) is 0 Å². The topological polar surface area (TPSA) is 72.5 Å². The van der Waals surface area contributed by atoms with E-state index >= 15 is 0 Å². The van der Waals surface area contributed by atoms with E-state index in [9.17, 15) is 10.3 Å². The second kappa shape index (κ2) is 11.4. The zero-order valence-corrected chi connectivity index (χ0v) is 15.4. The molecule has 4 nitrogen and oxygen atoms in total. The molecule has 0 rings (SSSR count). The van der Waals surface area contributed by atoms with E-state index in [1.165, 1.54) is 5.06 Å². The van der Waals surface area contributed by atoms with Gasteiger partial charge in [0.15, 0.2) is 0 Å². The summed E-state index contributed by atoms with van der Waals surface area (Å²) >= 11 is 0. The van der Waals surface area contributed by atoms with E-state index in [4.69, 9.17) is 5.73 Å². The summed E-state index contributed by atoms with van der Waals surface area (Å²) in [5, 5.41) is 22.1. The molecular weight excluding hydrogens is 276 g/mol. The first-order chi connectivity index (χ1) is 10.2. The first-order valence-corrected chi connectivity index (χ1v) is 8.95. The largest absolute Gasteiger partial charge is 0.785 e. The van der Waals surface area contributed by atoms with Gasteiger partial charge in [-0.05, 0) is 56.1 Å². The molecule has 0 aliphatic rings. The van der Waals surface area contributed by atoms with E-state index in [0.29, 0.717) is 13.1 Å². The summed E-state index contributed by atoms with van der Waals surface area (Å²) in [5.41, 5.74) is 5.97. The molecule has 0 saturated carbocycles. The van der Waals surface area contributed by atoms with Gasteiger partial charge in [-0.1, -0.05) is 53.4 Å². The number of hydroxylamine groups is 2. The molecule has 0 amide bonds. The maximum Gasteiger partial charge on any atom is 0.0482 e. The van der Waals surface area contributed by atoms with Crippen molar-refractivity contribution in [3.8, 4) is 0 Å². The van der Waals surface area contributed by atoms with Gasteiger partial charge >= 0.3 is 0 Å². The summed E-state index contributed by atoms with van der Waals surface area (Å²) in [4.78, 5) is 0. The van der Waals surface area contributed by atoms with E-state index in [1.807, 2.05) is 0 Å². The summed E-state index contributed by atoms with van der Waals surface area (Å²) in [7, 11) is 0. The number of rotatable bonds is 14. The monoisotopic (exact) mass is 315 g/mol. The Labute approximate surface area is 138 Å². The molecular formula is C18H39N2O2-. The third-order valence-corrected chi connectivity index (χ3v) is 4.50. The second-order valence-electron chi connectivity index (χ2n) is 8.24. The molecule has 0 spiro atoms. The van der Waals surface area contributed by atoms with Crippen LogP contribution in [0.1, 0.15) is 79.1 Å². The molecule has 0 saturated heterocycles. The summed E-state index contributed by atoms with van der Waals surface area (Å²) < 4.78 is 0. The number of nitrogens with zero attached hydrogens (tertiary/aromatic N) is 1. The lowest BCUT2D eigenvalue weighted by Crippen LogP contribution is -2.23. The van der Waals surface area contributed by atoms with Crippen molar-refractivity contribution in [3.63, 3.8) is 0 Å². The Kier molecular flexibility index (Phi) is 11.3. The van der Waals surface area contributed by atoms with Crippen molar-refractivity contribution in [2.45, 2.75) is 79.1 Å². The molecule has 4 heteroatoms. The van der Waals surface area contributed by atoms with Gasteiger partial charge in [0, 0.05) is 6.61 Å². The van der Waals surface area contributed by atoms with Gasteiger partial charge in [0.1, 0.15) is 0 Å². The van der Waals surface area contributed by atoms with Crippen LogP contribution < -0.4 is 5.73 Å². The van der Waals surface area contributed by atoms with Crippen LogP contribution in [0.3, 0.4) is 0 Å². The lowest BCUT2D eigenvalue weighted by Gasteiger charge is -2.28. The van der Waals surface area contributed by atoms with Gasteiger partial charge in [0.05, 0.1) is 0 Å². The second-order valence-corrected chi connectivity index (χ2v) is 8.24. The molecule has 134 valence electrons. The van der Waals surface area contributed by atoms with E-state index in [1.54, 1.807) is 0 Å². The zero-order chi connectivity index (χ0) is 17.1. The third kappa shape index (κ3) is 12.4. The summed E-state index contributed by atoms with van der Waals surface area (Å²) in [6, 6.07) is 0. The van der Waals surface area contributed by atoms with Gasteiger partial charge in [0.2, 0.25) is 0 Å². The molecule has 0 heterocycles. The molecule has 0 atom stereocenters. The highest BCUT2D eigenvalue weighted by atomic mass is 16.5. The Morgan fingerprint density at radius 2 is 1.27 bits per heavy atom. The number of hydrogen-bond acceptors (Lipinski definition) is 4. The zero-order valence-electron chi connectivity index (χ0n) is 15.4. The minimum absolute atomic E-state index is 0.0223. The van der Waals surface area contributed by atoms with Gasteiger partial charge in [-0.3, -0.25) is 0 Å². The standard InChI is InChI=1S/C18H39N2O2/c1-17(2,15-19)11-7-5-9-13-20(22)14-10-6-8-12-18(3,4)16-21/h21H,5-16,19H2,1-4H3/q-1. The van der Waals surface area contributed by atoms with E-state index in [0.717, 1.165) is 57.9 Å². The molecule has 0 radical (unpaired) electrons. The Hall–Kier alpha value is -0.160. The quantitative estimate of drug-likeness (QED) is 0.376. The normalized spacial score (nSPS) is 13.1. The molecule has 0 aliphatic heterocycles. The van der Waals surface area contributed by atoms with Crippen molar-refractivity contribution in [2.24, 2.45) is 16.6 Å². The van der Waals surface area contributed by atoms with Crippen LogP contribution in [0.2, 0.25) is 0 Å². The number of nitrogens with two attached hydrogens (primary N) is 1. The number of hydrogen-bond donors (Lipinski definition) is 2. The molecule has 22 heavy (non-hydrogen) atoms. The molecule has 3 N–H and O–H groups in total. The molecule has 0 fully saturated rings. The third-order valence-electron chi connectivity index (χ3n) is 4.50. The summed E-state index contributed by atoms with van der Waals surface area (Å²) in [6.45, 7) is 10.8. The number of aliphatic hydroxyl groups is 1. The fourth-order valence-electron chi connectivity index (χ4n) is 2.43. The van der Waals surface area contributed by atoms with Gasteiger partial charge in [-0.25, -0.2) is 0 Å². The van der Waals surface area contributed by atoms with Crippen LogP contribution in [-0.4, -0.2) is 36.4 Å². The molecule has 0 unspecified atom stereocenters. The fourth-order valence-corrected chi connectivity index (χ4v) is 2.43. The van der Waals surface area contributed by atoms with Gasteiger partial charge in [-0.15, -0.1) is 0 Å². The first-order valence-electron chi connectivity index (χ1n) is 8.95. The average molecular weight is 316 g/mol. The maximum absolute atomic E-state index is 11.7. The highest BCUT2D eigenvalue weighted by molar-refractivity contribution is 4.69. The number of aliphatic hydroxyl groups excluding tert-OH is 1. The molecule has 0 aliphatic carbocycles. The van der Waals surface area contributed by atoms with Gasteiger partial charge < -0.3 is 21.1 Å². The van der Waals surface area contributed by atoms with Crippen molar-refractivity contribution < 1.29 is 5.11 Å². The van der Waals surface area contributed by atoms with Crippen molar-refractivity contribution in [2.75, 3.05) is 26.2 Å². The highest BCUT2D eigenvalue weighted by Crippen LogP contribution is 2.23. The predicted octanol–water partition coefficient (Wildman–Crippen LogP) is 3.91. The Morgan fingerprint density at radius 3 is 1.68 bits per heavy atom. The van der Waals surface area contributed by atoms with Crippen molar-refractivity contribution in [3.05, 3.63) is 5.21 Å².